The van der Waals surface area contributed by atoms with Crippen molar-refractivity contribution >= 4 is 5.97 Å². The van der Waals surface area contributed by atoms with Crippen molar-refractivity contribution in [2.24, 2.45) is 40.4 Å². The smallest absolute Gasteiger partial charge is 0.302 e. The van der Waals surface area contributed by atoms with E-state index in [2.05, 4.69) is 47.6 Å². The van der Waals surface area contributed by atoms with Crippen molar-refractivity contribution in [1.29, 1.82) is 0 Å². The highest BCUT2D eigenvalue weighted by molar-refractivity contribution is 5.66. The Morgan fingerprint density at radius 2 is 1.85 bits per heavy atom. The molecule has 33 heavy (non-hydrogen) atoms. The van der Waals surface area contributed by atoms with Crippen molar-refractivity contribution in [1.82, 2.24) is 0 Å². The largest absolute Gasteiger partial charge is 0.462 e. The van der Waals surface area contributed by atoms with Crippen LogP contribution in [-0.4, -0.2) is 23.3 Å². The van der Waals surface area contributed by atoms with Crippen LogP contribution in [0.2, 0.25) is 0 Å². The first-order chi connectivity index (χ1) is 15.5. The molecule has 0 radical (unpaired) electrons. The second-order valence-corrected chi connectivity index (χ2v) is 13.6. The molecule has 2 aliphatic heterocycles. The van der Waals surface area contributed by atoms with Crippen LogP contribution in [0.15, 0.2) is 11.6 Å². The second kappa shape index (κ2) is 7.84. The number of hydrogen-bond donors (Lipinski definition) is 0. The van der Waals surface area contributed by atoms with E-state index in [4.69, 9.17) is 9.47 Å². The van der Waals surface area contributed by atoms with E-state index in [9.17, 15) is 4.79 Å². The zero-order valence-corrected chi connectivity index (χ0v) is 22.3. The number of carbonyl (C=O) groups is 1. The van der Waals surface area contributed by atoms with Gasteiger partial charge in [0.05, 0.1) is 11.2 Å². The van der Waals surface area contributed by atoms with Gasteiger partial charge in [0.2, 0.25) is 0 Å². The Balaban J connectivity index is 1.39. The van der Waals surface area contributed by atoms with Crippen LogP contribution in [0, 0.1) is 40.4 Å². The van der Waals surface area contributed by atoms with Gasteiger partial charge in [-0.2, -0.15) is 0 Å². The molecular weight excluding hydrogens is 408 g/mol. The highest BCUT2D eigenvalue weighted by Gasteiger charge is 2.76. The van der Waals surface area contributed by atoms with Gasteiger partial charge in [-0.3, -0.25) is 4.79 Å². The van der Waals surface area contributed by atoms with E-state index in [1.165, 1.54) is 38.5 Å². The van der Waals surface area contributed by atoms with Gasteiger partial charge in [0.15, 0.2) is 0 Å². The molecule has 2 bridgehead atoms. The number of ether oxygens (including phenoxy) is 2. The van der Waals surface area contributed by atoms with Gasteiger partial charge in [0.25, 0.3) is 0 Å². The molecule has 186 valence electrons. The SMILES string of the molecule is CC(=O)O[C@@H]1CC[C@]2(C)C3=CC[C@@]4(C)[C@@H](CC[C@H]4[C@H](C)CC[C@H](C)C(C)C)[C@@]34CC[C@]2(C1)O4. The van der Waals surface area contributed by atoms with Crippen LogP contribution < -0.4 is 0 Å². The van der Waals surface area contributed by atoms with Crippen LogP contribution >= 0.6 is 0 Å². The van der Waals surface area contributed by atoms with Gasteiger partial charge in [0.1, 0.15) is 6.10 Å². The van der Waals surface area contributed by atoms with Crippen molar-refractivity contribution in [3.05, 3.63) is 11.6 Å². The molecule has 3 nitrogen and oxygen atoms in total. The van der Waals surface area contributed by atoms with Crippen molar-refractivity contribution < 1.29 is 14.3 Å². The zero-order valence-electron chi connectivity index (χ0n) is 22.3. The number of fused-ring (bicyclic) bond motifs is 2. The average Bonchev–Trinajstić information content (AvgIpc) is 3.35. The standard InChI is InChI=1S/C30H48O3/c1-19(2)20(3)8-9-21(4)24-10-11-25-27(24,6)14-13-26-28(7)15-12-23(32-22(5)31)18-29(28)16-17-30(25,26)33-29/h13,19-21,23-25H,8-12,14-18H2,1-7H3/t20-,21+,23+,24-,25+,27+,28+,29+,30-/m0/s1. The number of allylic oxidation sites excluding steroid dienone is 1. The van der Waals surface area contributed by atoms with E-state index >= 15 is 0 Å². The minimum Gasteiger partial charge on any atom is -0.462 e. The molecule has 0 aromatic rings. The number of carbonyl (C=O) groups excluding carboxylic acids is 1. The highest BCUT2D eigenvalue weighted by atomic mass is 16.6. The molecule has 0 aromatic carbocycles. The average molecular weight is 457 g/mol. The Labute approximate surface area is 202 Å². The Hall–Kier alpha value is -0.830. The molecule has 2 saturated heterocycles. The molecule has 2 spiro atoms. The van der Waals surface area contributed by atoms with E-state index in [1.54, 1.807) is 12.5 Å². The Morgan fingerprint density at radius 1 is 1.09 bits per heavy atom. The van der Waals surface area contributed by atoms with Gasteiger partial charge < -0.3 is 9.47 Å². The van der Waals surface area contributed by atoms with E-state index in [0.717, 1.165) is 49.4 Å². The third kappa shape index (κ3) is 3.26. The molecule has 0 N–H and O–H groups in total. The van der Waals surface area contributed by atoms with Gasteiger partial charge in [-0.15, -0.1) is 0 Å². The summed E-state index contributed by atoms with van der Waals surface area (Å²) in [5.41, 5.74) is 1.95. The summed E-state index contributed by atoms with van der Waals surface area (Å²) in [5.74, 6) is 3.69. The molecule has 9 atom stereocenters. The summed E-state index contributed by atoms with van der Waals surface area (Å²) < 4.78 is 13.1. The summed E-state index contributed by atoms with van der Waals surface area (Å²) in [4.78, 5) is 11.7. The number of hydrogen-bond acceptors (Lipinski definition) is 3. The summed E-state index contributed by atoms with van der Waals surface area (Å²) in [5, 5.41) is 0. The van der Waals surface area contributed by atoms with E-state index in [0.29, 0.717) is 11.3 Å². The predicted octanol–water partition coefficient (Wildman–Crippen LogP) is 7.48. The summed E-state index contributed by atoms with van der Waals surface area (Å²) in [6.07, 6.45) is 14.6. The normalized spacial score (nSPS) is 47.5. The third-order valence-electron chi connectivity index (χ3n) is 11.8. The quantitative estimate of drug-likeness (QED) is 0.307. The zero-order chi connectivity index (χ0) is 23.8. The van der Waals surface area contributed by atoms with Crippen LogP contribution in [0.4, 0.5) is 0 Å². The summed E-state index contributed by atoms with van der Waals surface area (Å²) >= 11 is 0. The lowest BCUT2D eigenvalue weighted by Gasteiger charge is -2.54. The topological polar surface area (TPSA) is 35.5 Å². The van der Waals surface area contributed by atoms with Crippen LogP contribution in [-0.2, 0) is 14.3 Å². The molecule has 0 unspecified atom stereocenters. The number of rotatable bonds is 6. The predicted molar refractivity (Wildman–Crippen MR) is 133 cm³/mol. The molecule has 2 saturated carbocycles. The van der Waals surface area contributed by atoms with Crippen molar-refractivity contribution in [2.75, 3.05) is 0 Å². The highest BCUT2D eigenvalue weighted by Crippen LogP contribution is 2.76. The fraction of sp³-hybridized carbons (Fsp3) is 0.900. The van der Waals surface area contributed by atoms with Gasteiger partial charge in [-0.25, -0.2) is 0 Å². The fourth-order valence-electron chi connectivity index (χ4n) is 9.59. The summed E-state index contributed by atoms with van der Waals surface area (Å²) in [6.45, 7) is 16.4. The maximum absolute atomic E-state index is 11.7. The first-order valence-corrected chi connectivity index (χ1v) is 14.1. The van der Waals surface area contributed by atoms with Gasteiger partial charge in [-0.05, 0) is 85.5 Å². The van der Waals surface area contributed by atoms with Gasteiger partial charge in [0, 0.05) is 18.8 Å². The molecule has 0 aromatic heterocycles. The summed E-state index contributed by atoms with van der Waals surface area (Å²) in [6, 6.07) is 0. The van der Waals surface area contributed by atoms with Crippen molar-refractivity contribution in [3.63, 3.8) is 0 Å². The van der Waals surface area contributed by atoms with E-state index in [1.807, 2.05) is 0 Å². The monoisotopic (exact) mass is 456 g/mol. The molecule has 2 heterocycles. The van der Waals surface area contributed by atoms with Crippen molar-refractivity contribution in [2.45, 2.75) is 130 Å². The Bertz CT molecular complexity index is 830. The first-order valence-electron chi connectivity index (χ1n) is 14.1. The van der Waals surface area contributed by atoms with Crippen LogP contribution in [0.25, 0.3) is 0 Å². The molecule has 0 amide bonds. The molecule has 3 aliphatic carbocycles. The number of esters is 1. The van der Waals surface area contributed by atoms with Crippen molar-refractivity contribution in [3.8, 4) is 0 Å². The minimum absolute atomic E-state index is 0.0251. The fourth-order valence-corrected chi connectivity index (χ4v) is 9.59. The Kier molecular flexibility index (Phi) is 5.67. The first kappa shape index (κ1) is 23.9. The van der Waals surface area contributed by atoms with E-state index in [-0.39, 0.29) is 28.7 Å². The Morgan fingerprint density at radius 3 is 2.55 bits per heavy atom. The van der Waals surface area contributed by atoms with Gasteiger partial charge >= 0.3 is 5.97 Å². The maximum Gasteiger partial charge on any atom is 0.302 e. The van der Waals surface area contributed by atoms with Crippen LogP contribution in [0.5, 0.6) is 0 Å². The third-order valence-corrected chi connectivity index (χ3v) is 11.8. The lowest BCUT2D eigenvalue weighted by Crippen LogP contribution is -2.53. The van der Waals surface area contributed by atoms with E-state index < -0.39 is 0 Å². The summed E-state index contributed by atoms with van der Waals surface area (Å²) in [7, 11) is 0. The van der Waals surface area contributed by atoms with Crippen LogP contribution in [0.1, 0.15) is 113 Å². The molecular formula is C30H48O3. The second-order valence-electron chi connectivity index (χ2n) is 13.6. The maximum atomic E-state index is 11.7. The van der Waals surface area contributed by atoms with Crippen LogP contribution in [0.3, 0.4) is 0 Å². The molecule has 5 rings (SSSR count). The lowest BCUT2D eigenvalue weighted by molar-refractivity contribution is -0.167. The minimum atomic E-state index is -0.144. The molecule has 4 fully saturated rings. The van der Waals surface area contributed by atoms with Gasteiger partial charge in [-0.1, -0.05) is 60.5 Å². The molecule has 3 heteroatoms. The molecule has 5 aliphatic rings. The lowest BCUT2D eigenvalue weighted by atomic mass is 9.48.